The van der Waals surface area contributed by atoms with Gasteiger partial charge < -0.3 is 56.1 Å². The second kappa shape index (κ2) is 44.3. The number of ether oxygens (including phenoxy) is 2. The van der Waals surface area contributed by atoms with Crippen LogP contribution in [0.1, 0.15) is 127 Å². The van der Waals surface area contributed by atoms with Gasteiger partial charge in [-0.15, -0.1) is 5.10 Å². The highest BCUT2D eigenvalue weighted by Gasteiger charge is 2.42. The number of aliphatic hydroxyl groups is 4. The molecule has 0 aliphatic carbocycles. The summed E-state index contributed by atoms with van der Waals surface area (Å²) in [7, 11) is 0. The second-order valence-corrected chi connectivity index (χ2v) is 34.0. The summed E-state index contributed by atoms with van der Waals surface area (Å²) >= 11 is 12.6. The molecule has 31 nitrogen and oxygen atoms in total. The molecule has 4 amide bonds. The predicted molar refractivity (Wildman–Crippen MR) is 480 cm³/mol. The molecule has 12 heterocycles. The number of nitrogens with one attached hydrogen (secondary N) is 1. The minimum absolute atomic E-state index is 0.00660. The average molecular weight is 1940 g/mol. The number of carbonyl (C=O) groups is 4. The van der Waals surface area contributed by atoms with Crippen LogP contribution in [0.4, 0.5) is 65.0 Å². The molecule has 5 aliphatic heterocycles. The first-order valence-corrected chi connectivity index (χ1v) is 43.5. The van der Waals surface area contributed by atoms with Gasteiger partial charge in [0.2, 0.25) is 0 Å². The van der Waals surface area contributed by atoms with Crippen molar-refractivity contribution >= 4 is 96.6 Å². The van der Waals surface area contributed by atoms with Crippen LogP contribution in [0.25, 0.3) is 28.2 Å². The number of β-amino-alcohol motifs (C(OH)–C–C–N with tert-alkyl or cyclic N) is 3. The fourth-order valence-corrected chi connectivity index (χ4v) is 15.0. The number of nitrogen functional groups attached to an aromatic ring is 2. The third kappa shape index (κ3) is 25.9. The Morgan fingerprint density at radius 2 is 1.00 bits per heavy atom. The Hall–Kier alpha value is -13.0. The van der Waals surface area contributed by atoms with Crippen LogP contribution < -0.4 is 26.2 Å². The molecule has 5 aromatic carbocycles. The lowest BCUT2D eigenvalue weighted by molar-refractivity contribution is 0.0230. The van der Waals surface area contributed by atoms with Gasteiger partial charge in [0.05, 0.1) is 161 Å². The molecule has 5 aliphatic rings. The highest BCUT2D eigenvalue weighted by Crippen LogP contribution is 2.38. The third-order valence-electron chi connectivity index (χ3n) is 19.8. The number of hydrogen-bond acceptors (Lipinski definition) is 24. The maximum Gasteiger partial charge on any atom is 0.417 e. The Balaban J connectivity index is 0.000000156. The number of aromatic amines is 1. The van der Waals surface area contributed by atoms with Crippen LogP contribution in [-0.2, 0) is 42.2 Å². The number of imide groups is 2. The largest absolute Gasteiger partial charge is 0.443 e. The maximum atomic E-state index is 15.0. The van der Waals surface area contributed by atoms with Crippen molar-refractivity contribution in [1.82, 2.24) is 69.1 Å². The molecule has 130 heavy (non-hydrogen) atoms. The van der Waals surface area contributed by atoms with Crippen molar-refractivity contribution in [3.63, 3.8) is 0 Å². The summed E-state index contributed by atoms with van der Waals surface area (Å²) in [5.74, 6) is -3.34. The molecule has 3 saturated heterocycles. The lowest BCUT2D eigenvalue weighted by atomic mass is 10.0. The number of halogens is 9. The molecule has 40 heteroatoms. The van der Waals surface area contributed by atoms with Gasteiger partial charge in [0.25, 0.3) is 11.8 Å². The topological polar surface area (TPSA) is 409 Å². The van der Waals surface area contributed by atoms with Crippen LogP contribution in [-0.4, -0.2) is 199 Å². The number of rotatable bonds is 15. The van der Waals surface area contributed by atoms with E-state index in [9.17, 15) is 67.0 Å². The lowest BCUT2D eigenvalue weighted by Gasteiger charge is -2.23. The summed E-state index contributed by atoms with van der Waals surface area (Å²) < 4.78 is 101. The zero-order valence-corrected chi connectivity index (χ0v) is 75.3. The van der Waals surface area contributed by atoms with Crippen molar-refractivity contribution in [1.29, 1.82) is 10.5 Å². The quantitative estimate of drug-likeness (QED) is 0.0370. The van der Waals surface area contributed by atoms with E-state index in [1.54, 1.807) is 67.0 Å². The number of nitrogens with two attached hydrogens (primary N) is 2. The summed E-state index contributed by atoms with van der Waals surface area (Å²) in [6, 6.07) is 46.0. The molecule has 4 atom stereocenters. The number of anilines is 5. The monoisotopic (exact) mass is 1940 g/mol. The van der Waals surface area contributed by atoms with Crippen LogP contribution in [0.2, 0.25) is 5.02 Å². The van der Waals surface area contributed by atoms with Crippen LogP contribution in [0.3, 0.4) is 0 Å². The van der Waals surface area contributed by atoms with E-state index in [0.717, 1.165) is 56.3 Å². The SMILES string of the molecule is CC(C)(C)OC(=O)N1Cc2nc(-c3c(F)cccc3C#N)cc(-n3cc(F)c(N4CCC(O)C4)n3)c2C1=O.CC(C)(C)OC(=O)N1Cc2nc(-c3c(F)cccc3C#N)cc(Cl)c2C1=O.Nc1ccn(Cc2ccccc2)n1.Nc1nn(Cc2ccccc2)cc1F.OC(CBr)CCBr.OC1CCN(c2[nH]ncc2F)C1.OC1CCN(c2nn(Cc3ccccc3)cc2F)C1. The Labute approximate surface area is 765 Å². The molecule has 0 spiro atoms. The molecule has 3 fully saturated rings. The molecular formula is C90H94Br2ClF6N21O10. The number of amides is 4. The van der Waals surface area contributed by atoms with Crippen LogP contribution in [0.5, 0.6) is 0 Å². The number of benzene rings is 5. The van der Waals surface area contributed by atoms with E-state index in [-0.39, 0.29) is 128 Å². The minimum Gasteiger partial charge on any atom is -0.443 e. The first-order chi connectivity index (χ1) is 62.0. The number of pyridine rings is 2. The molecule has 17 rings (SSSR count). The second-order valence-electron chi connectivity index (χ2n) is 32.2. The van der Waals surface area contributed by atoms with E-state index in [1.165, 1.54) is 71.2 Å². The number of nitrogens with zero attached hydrogens (tertiary/aromatic N) is 18. The summed E-state index contributed by atoms with van der Waals surface area (Å²) in [4.78, 5) is 66.7. The Kier molecular flexibility index (Phi) is 33.3. The van der Waals surface area contributed by atoms with Gasteiger partial charge in [0, 0.05) is 56.1 Å². The molecule has 9 N–H and O–H groups in total. The van der Waals surface area contributed by atoms with Gasteiger partial charge in [0.15, 0.2) is 46.5 Å². The van der Waals surface area contributed by atoms with Crippen molar-refractivity contribution in [2.24, 2.45) is 0 Å². The first kappa shape index (κ1) is 97.6. The zero-order chi connectivity index (χ0) is 93.8. The van der Waals surface area contributed by atoms with E-state index in [2.05, 4.69) is 84.6 Å². The first-order valence-electron chi connectivity index (χ1n) is 40.9. The Morgan fingerprint density at radius 1 is 0.554 bits per heavy atom. The number of hydrogen-bond donors (Lipinski definition) is 7. The van der Waals surface area contributed by atoms with Crippen molar-refractivity contribution in [3.8, 4) is 40.3 Å². The number of carbonyl (C=O) groups excluding carboxylic acids is 4. The van der Waals surface area contributed by atoms with Crippen molar-refractivity contribution < 1.29 is 75.4 Å². The van der Waals surface area contributed by atoms with Crippen molar-refractivity contribution in [3.05, 3.63) is 267 Å². The van der Waals surface area contributed by atoms with E-state index in [0.29, 0.717) is 87.9 Å². The lowest BCUT2D eigenvalue weighted by Crippen LogP contribution is -2.37. The van der Waals surface area contributed by atoms with E-state index < -0.39 is 64.6 Å². The Bertz CT molecular complexity index is 5990. The molecular weight excluding hydrogens is 1840 g/mol. The molecule has 4 unspecified atom stereocenters. The number of aliphatic hydroxyl groups excluding tert-OH is 4. The molecule has 682 valence electrons. The number of nitriles is 2. The van der Waals surface area contributed by atoms with Gasteiger partial charge in [-0.1, -0.05) is 147 Å². The summed E-state index contributed by atoms with van der Waals surface area (Å²) in [6.07, 6.45) is 6.20. The number of aromatic nitrogens is 12. The normalized spacial score (nSPS) is 15.6. The Morgan fingerprint density at radius 3 is 1.42 bits per heavy atom. The van der Waals surface area contributed by atoms with Gasteiger partial charge in [-0.25, -0.2) is 60.4 Å². The fraction of sp³-hybridized carbons (Fsp3) is 0.322. The van der Waals surface area contributed by atoms with E-state index >= 15 is 4.39 Å². The smallest absolute Gasteiger partial charge is 0.417 e. The standard InChI is InChI=1S/C26H24F2N6O4.C19H15ClFN3O3.C14H16FN3O.C10H10FN3.C10H11N3.C7H10FN3O.C4H8Br2O/c1-26(2,3)38-25(37)33-13-19-22(24(33)36)20(9-18(30-19)21-14(10-29)5-4-6-16(21)27)34-12-17(28)23(31-34)32-8-7-15(35)11-32;1-19(2,3)27-18(26)24-9-14-16(17(24)25)11(20)7-13(23-14)15-10(8-22)5-4-6-12(15)21;15-13-10-18(8-11-4-2-1-3-5-11)16-14(13)17-7-6-12(19)9-17;11-9-7-14(13-10(9)12)6-8-4-2-1-3-5-8;11-10-6-7-13(12-10)8-9-4-2-1-3-5-9;8-6-3-9-10-7(6)11-2-1-5(12)4-11;5-2-1-4(7)3-6/h4-6,9,12,15,35H,7-8,11,13H2,1-3H3;4-7H,9H2,1-3H3;1-5,10,12,19H,6-9H2;1-5,7H,6H2,(H2,12,13);1-7H,8H2,(H2,11,12);3,5,12H,1-2,4H2,(H,9,10);4,7H,1-3H2. The predicted octanol–water partition coefficient (Wildman–Crippen LogP) is 14.3. The van der Waals surface area contributed by atoms with E-state index in [4.69, 9.17) is 37.6 Å². The van der Waals surface area contributed by atoms with Gasteiger partial charge in [0.1, 0.15) is 28.7 Å². The number of fused-ring (bicyclic) bond motifs is 2. The van der Waals surface area contributed by atoms with Gasteiger partial charge in [-0.3, -0.25) is 28.7 Å². The average Bonchev–Trinajstić information content (AvgIpc) is 1.58. The molecule has 7 aromatic heterocycles. The van der Waals surface area contributed by atoms with Crippen LogP contribution in [0.15, 0.2) is 177 Å². The molecule has 0 radical (unpaired) electrons. The number of alkyl halides is 2. The molecule has 12 aromatic rings. The minimum atomic E-state index is -0.894. The highest BCUT2D eigenvalue weighted by molar-refractivity contribution is 9.09. The van der Waals surface area contributed by atoms with Gasteiger partial charge in [-0.05, 0) is 126 Å². The van der Waals surface area contributed by atoms with Crippen LogP contribution in [0, 0.1) is 57.6 Å². The summed E-state index contributed by atoms with van der Waals surface area (Å²) in [5, 5.41) is 80.4. The molecule has 0 saturated carbocycles. The van der Waals surface area contributed by atoms with Crippen LogP contribution >= 0.6 is 43.5 Å². The highest BCUT2D eigenvalue weighted by atomic mass is 79.9. The summed E-state index contributed by atoms with van der Waals surface area (Å²) in [6.45, 7) is 14.3. The van der Waals surface area contributed by atoms with Crippen molar-refractivity contribution in [2.45, 2.75) is 136 Å². The maximum absolute atomic E-state index is 15.0. The summed E-state index contributed by atoms with van der Waals surface area (Å²) in [5.41, 5.74) is 13.1. The van der Waals surface area contributed by atoms with Gasteiger partial charge >= 0.3 is 12.2 Å². The van der Waals surface area contributed by atoms with Crippen molar-refractivity contribution in [2.75, 3.05) is 76.1 Å². The van der Waals surface area contributed by atoms with Gasteiger partial charge in [-0.2, -0.15) is 30.9 Å². The van der Waals surface area contributed by atoms with E-state index in [1.807, 2.05) is 102 Å². The molecule has 0 bridgehead atoms. The zero-order valence-electron chi connectivity index (χ0n) is 71.4. The number of H-pyrrole nitrogens is 1. The fourth-order valence-electron chi connectivity index (χ4n) is 13.8. The third-order valence-corrected chi connectivity index (χ3v) is 21.3.